The third-order valence-corrected chi connectivity index (χ3v) is 8.53. The van der Waals surface area contributed by atoms with Crippen molar-refractivity contribution >= 4 is 47.1 Å². The van der Waals surface area contributed by atoms with Gasteiger partial charge < -0.3 is 42.7 Å². The summed E-state index contributed by atoms with van der Waals surface area (Å²) in [5, 5.41) is 10.6. The first-order chi connectivity index (χ1) is 28.5. The standard InChI is InChI=1S/C46H36O13/c1-52-32-14-5-28(6-15-32)10-20-43(49)56-34-25-35(47)46-36(48)27-39(57-42(46)26-34)31-13-19-38(58-44(50)22-12-30-9-18-37(54-3)40(23-30)55-4)41(24-31)59-45(51)21-11-29-7-16-33(53-2)17-8-29/h5-27,47H,1-4H3/b20-10+,21-11+,22-12+. The van der Waals surface area contributed by atoms with Crippen molar-refractivity contribution in [3.05, 3.63) is 148 Å². The number of phenols is 1. The highest BCUT2D eigenvalue weighted by Gasteiger charge is 2.18. The zero-order valence-corrected chi connectivity index (χ0v) is 32.1. The quantitative estimate of drug-likeness (QED) is 0.0640. The smallest absolute Gasteiger partial charge is 0.336 e. The molecule has 0 amide bonds. The summed E-state index contributed by atoms with van der Waals surface area (Å²) in [4.78, 5) is 52.1. The van der Waals surface area contributed by atoms with Crippen LogP contribution in [0.15, 0.2) is 131 Å². The number of ether oxygens (including phenoxy) is 7. The maximum absolute atomic E-state index is 13.3. The average Bonchev–Trinajstić information content (AvgIpc) is 3.24. The van der Waals surface area contributed by atoms with Gasteiger partial charge in [-0.1, -0.05) is 30.3 Å². The van der Waals surface area contributed by atoms with E-state index in [0.29, 0.717) is 39.7 Å². The molecule has 0 aliphatic carbocycles. The number of methoxy groups -OCH3 is 4. The van der Waals surface area contributed by atoms with Gasteiger partial charge in [0.05, 0.1) is 28.4 Å². The molecule has 59 heavy (non-hydrogen) atoms. The van der Waals surface area contributed by atoms with Crippen LogP contribution in [0, 0.1) is 0 Å². The van der Waals surface area contributed by atoms with Crippen LogP contribution in [0.4, 0.5) is 0 Å². The third-order valence-electron chi connectivity index (χ3n) is 8.53. The number of esters is 3. The number of aromatic hydroxyl groups is 1. The van der Waals surface area contributed by atoms with Gasteiger partial charge in [0.15, 0.2) is 28.4 Å². The van der Waals surface area contributed by atoms with Crippen LogP contribution >= 0.6 is 0 Å². The van der Waals surface area contributed by atoms with Crippen LogP contribution < -0.4 is 38.6 Å². The number of carbonyl (C=O) groups is 3. The van der Waals surface area contributed by atoms with Crippen molar-refractivity contribution < 1.29 is 57.1 Å². The van der Waals surface area contributed by atoms with E-state index in [4.69, 9.17) is 37.6 Å². The summed E-state index contributed by atoms with van der Waals surface area (Å²) in [6.45, 7) is 0. The van der Waals surface area contributed by atoms with Crippen LogP contribution in [0.25, 0.3) is 40.5 Å². The molecule has 0 aliphatic rings. The predicted molar refractivity (Wildman–Crippen MR) is 219 cm³/mol. The summed E-state index contributed by atoms with van der Waals surface area (Å²) < 4.78 is 43.6. The molecule has 0 fully saturated rings. The van der Waals surface area contributed by atoms with Crippen LogP contribution in [0.5, 0.6) is 46.0 Å². The molecule has 6 rings (SSSR count). The SMILES string of the molecule is COc1ccc(/C=C/C(=O)Oc2cc(O)c3c(=O)cc(-c4ccc(OC(=O)/C=C/c5ccc(OC)c(OC)c5)c(OC(=O)/C=C/c5ccc(OC)cc5)c4)oc3c2)cc1. The summed E-state index contributed by atoms with van der Waals surface area (Å²) in [6, 6.07) is 26.7. The van der Waals surface area contributed by atoms with Gasteiger partial charge in [0, 0.05) is 42.0 Å². The highest BCUT2D eigenvalue weighted by molar-refractivity contribution is 5.93. The summed E-state index contributed by atoms with van der Waals surface area (Å²) >= 11 is 0. The van der Waals surface area contributed by atoms with Gasteiger partial charge in [0.2, 0.25) is 0 Å². The summed E-state index contributed by atoms with van der Waals surface area (Å²) in [5.74, 6) is -0.999. The molecule has 0 aliphatic heterocycles. The Morgan fingerprint density at radius 3 is 1.61 bits per heavy atom. The first-order valence-electron chi connectivity index (χ1n) is 17.7. The second kappa shape index (κ2) is 18.7. The largest absolute Gasteiger partial charge is 0.507 e. The average molecular weight is 797 g/mol. The Balaban J connectivity index is 1.28. The highest BCUT2D eigenvalue weighted by Crippen LogP contribution is 2.36. The molecule has 0 saturated carbocycles. The van der Waals surface area contributed by atoms with Gasteiger partial charge in [-0.2, -0.15) is 0 Å². The zero-order valence-electron chi connectivity index (χ0n) is 32.1. The number of rotatable bonds is 14. The van der Waals surface area contributed by atoms with Crippen LogP contribution in [0.2, 0.25) is 0 Å². The second-order valence-electron chi connectivity index (χ2n) is 12.4. The predicted octanol–water partition coefficient (Wildman–Crippen LogP) is 8.06. The summed E-state index contributed by atoms with van der Waals surface area (Å²) in [7, 11) is 6.09. The fourth-order valence-electron chi connectivity index (χ4n) is 5.58. The van der Waals surface area contributed by atoms with E-state index in [2.05, 4.69) is 0 Å². The normalized spacial score (nSPS) is 11.2. The van der Waals surface area contributed by atoms with Crippen molar-refractivity contribution in [2.45, 2.75) is 0 Å². The molecule has 5 aromatic carbocycles. The van der Waals surface area contributed by atoms with Crippen LogP contribution in [-0.2, 0) is 14.4 Å². The van der Waals surface area contributed by atoms with Crippen molar-refractivity contribution in [2.75, 3.05) is 28.4 Å². The van der Waals surface area contributed by atoms with E-state index >= 15 is 0 Å². The maximum atomic E-state index is 13.3. The maximum Gasteiger partial charge on any atom is 0.336 e. The Kier molecular flexibility index (Phi) is 12.9. The van der Waals surface area contributed by atoms with Gasteiger partial charge in [0.1, 0.15) is 39.7 Å². The molecular formula is C46H36O13. The number of hydrogen-bond acceptors (Lipinski definition) is 13. The van der Waals surface area contributed by atoms with Crippen molar-refractivity contribution in [3.63, 3.8) is 0 Å². The molecule has 0 unspecified atom stereocenters. The number of benzene rings is 5. The lowest BCUT2D eigenvalue weighted by Gasteiger charge is -2.12. The molecule has 6 aromatic rings. The molecule has 1 heterocycles. The number of hydrogen-bond donors (Lipinski definition) is 1. The Morgan fingerprint density at radius 2 is 1.03 bits per heavy atom. The van der Waals surface area contributed by atoms with Gasteiger partial charge in [-0.3, -0.25) is 4.79 Å². The van der Waals surface area contributed by atoms with Crippen molar-refractivity contribution in [2.24, 2.45) is 0 Å². The lowest BCUT2D eigenvalue weighted by atomic mass is 10.1. The molecule has 1 N–H and O–H groups in total. The number of carbonyl (C=O) groups excluding carboxylic acids is 3. The van der Waals surface area contributed by atoms with Crippen LogP contribution in [0.1, 0.15) is 16.7 Å². The monoisotopic (exact) mass is 796 g/mol. The zero-order chi connectivity index (χ0) is 41.9. The molecule has 0 atom stereocenters. The Bertz CT molecular complexity index is 2650. The van der Waals surface area contributed by atoms with E-state index in [9.17, 15) is 24.3 Å². The van der Waals surface area contributed by atoms with E-state index in [1.54, 1.807) is 80.9 Å². The van der Waals surface area contributed by atoms with Gasteiger partial charge in [-0.15, -0.1) is 0 Å². The molecule has 0 spiro atoms. The fourth-order valence-corrected chi connectivity index (χ4v) is 5.58. The molecule has 1 aromatic heterocycles. The molecule has 0 bridgehead atoms. The lowest BCUT2D eigenvalue weighted by molar-refractivity contribution is -0.131. The van der Waals surface area contributed by atoms with E-state index in [1.807, 2.05) is 0 Å². The molecule has 13 heteroatoms. The first-order valence-corrected chi connectivity index (χ1v) is 17.7. The van der Waals surface area contributed by atoms with E-state index in [0.717, 1.165) is 12.1 Å². The van der Waals surface area contributed by atoms with Crippen molar-refractivity contribution in [1.82, 2.24) is 0 Å². The number of phenolic OH excluding ortho intramolecular Hbond substituents is 1. The van der Waals surface area contributed by atoms with Crippen molar-refractivity contribution in [3.8, 4) is 57.3 Å². The minimum absolute atomic E-state index is 0.0120. The van der Waals surface area contributed by atoms with E-state index < -0.39 is 29.1 Å². The summed E-state index contributed by atoms with van der Waals surface area (Å²) in [5.41, 5.74) is 1.52. The minimum Gasteiger partial charge on any atom is -0.507 e. The Labute approximate surface area is 337 Å². The topological polar surface area (TPSA) is 166 Å². The Morgan fingerprint density at radius 1 is 0.508 bits per heavy atom. The van der Waals surface area contributed by atoms with Gasteiger partial charge >= 0.3 is 17.9 Å². The van der Waals surface area contributed by atoms with Gasteiger partial charge in [-0.05, 0) is 89.5 Å². The highest BCUT2D eigenvalue weighted by atomic mass is 16.6. The van der Waals surface area contributed by atoms with Gasteiger partial charge in [-0.25, -0.2) is 14.4 Å². The first kappa shape index (κ1) is 40.6. The molecule has 13 nitrogen and oxygen atoms in total. The third kappa shape index (κ3) is 10.4. The molecule has 0 saturated heterocycles. The molecule has 298 valence electrons. The van der Waals surface area contributed by atoms with E-state index in [1.165, 1.54) is 74.9 Å². The molecular weight excluding hydrogens is 760 g/mol. The molecule has 0 radical (unpaired) electrons. The fraction of sp³-hybridized carbons (Fsp3) is 0.0870. The van der Waals surface area contributed by atoms with Crippen LogP contribution in [-0.4, -0.2) is 51.5 Å². The van der Waals surface area contributed by atoms with Crippen LogP contribution in [0.3, 0.4) is 0 Å². The van der Waals surface area contributed by atoms with E-state index in [-0.39, 0.29) is 39.5 Å². The van der Waals surface area contributed by atoms with Crippen molar-refractivity contribution in [1.29, 1.82) is 0 Å². The second-order valence-corrected chi connectivity index (χ2v) is 12.4. The summed E-state index contributed by atoms with van der Waals surface area (Å²) in [6.07, 6.45) is 8.13. The number of fused-ring (bicyclic) bond motifs is 1. The minimum atomic E-state index is -0.812. The lowest BCUT2D eigenvalue weighted by Crippen LogP contribution is -2.09. The van der Waals surface area contributed by atoms with Gasteiger partial charge in [0.25, 0.3) is 0 Å². The Hall–Kier alpha value is -8.06.